The maximum atomic E-state index is 12.3. The number of carbonyl (C=O) groups is 1. The summed E-state index contributed by atoms with van der Waals surface area (Å²) < 4.78 is 6.50. The number of nitrogens with one attached hydrogen (secondary N) is 1. The van der Waals surface area contributed by atoms with Gasteiger partial charge >= 0.3 is 0 Å². The first-order chi connectivity index (χ1) is 11.3. The molecule has 1 heterocycles. The fraction of sp³-hybridized carbons (Fsp3) is 0.111. The molecular formula is C18H16N2O2S. The third kappa shape index (κ3) is 3.76. The second-order valence-electron chi connectivity index (χ2n) is 4.96. The smallest absolute Gasteiger partial charge is 0.251 e. The summed E-state index contributed by atoms with van der Waals surface area (Å²) in [5, 5.41) is 2.93. The Morgan fingerprint density at radius 1 is 1.30 bits per heavy atom. The number of ether oxygens (including phenoxy) is 1. The first kappa shape index (κ1) is 15.2. The largest absolute Gasteiger partial charge is 0.490 e. The Morgan fingerprint density at radius 2 is 2.22 bits per heavy atom. The Kier molecular flexibility index (Phi) is 4.68. The van der Waals surface area contributed by atoms with Crippen LogP contribution in [0, 0.1) is 0 Å². The van der Waals surface area contributed by atoms with Crippen molar-refractivity contribution in [2.75, 3.05) is 6.61 Å². The van der Waals surface area contributed by atoms with Crippen molar-refractivity contribution >= 4 is 27.5 Å². The van der Waals surface area contributed by atoms with Crippen LogP contribution in [-0.2, 0) is 6.54 Å². The van der Waals surface area contributed by atoms with E-state index in [0.29, 0.717) is 18.7 Å². The van der Waals surface area contributed by atoms with E-state index < -0.39 is 0 Å². The number of amides is 1. The Hall–Kier alpha value is -2.66. The molecule has 0 aliphatic rings. The molecule has 0 saturated carbocycles. The molecule has 1 N–H and O–H groups in total. The van der Waals surface area contributed by atoms with Gasteiger partial charge in [-0.2, -0.15) is 0 Å². The molecule has 3 rings (SSSR count). The first-order valence-electron chi connectivity index (χ1n) is 7.20. The molecule has 0 atom stereocenters. The summed E-state index contributed by atoms with van der Waals surface area (Å²) in [4.78, 5) is 16.5. The van der Waals surface area contributed by atoms with E-state index in [2.05, 4.69) is 16.9 Å². The van der Waals surface area contributed by atoms with Gasteiger partial charge in [-0.05, 0) is 35.9 Å². The Morgan fingerprint density at radius 3 is 3.09 bits per heavy atom. The van der Waals surface area contributed by atoms with Gasteiger partial charge in [0.1, 0.15) is 12.4 Å². The second-order valence-corrected chi connectivity index (χ2v) is 5.85. The van der Waals surface area contributed by atoms with E-state index in [1.54, 1.807) is 17.7 Å². The minimum atomic E-state index is -0.0993. The number of thiazole rings is 1. The van der Waals surface area contributed by atoms with Crippen LogP contribution >= 0.6 is 11.3 Å². The summed E-state index contributed by atoms with van der Waals surface area (Å²) in [7, 11) is 0. The van der Waals surface area contributed by atoms with Crippen LogP contribution < -0.4 is 10.1 Å². The average Bonchev–Trinajstić information content (AvgIpc) is 3.06. The second kappa shape index (κ2) is 7.07. The zero-order valence-corrected chi connectivity index (χ0v) is 13.3. The van der Waals surface area contributed by atoms with Gasteiger partial charge in [0.25, 0.3) is 5.91 Å². The molecule has 0 bridgehead atoms. The van der Waals surface area contributed by atoms with Crippen LogP contribution in [-0.4, -0.2) is 17.5 Å². The van der Waals surface area contributed by atoms with Gasteiger partial charge < -0.3 is 10.1 Å². The summed E-state index contributed by atoms with van der Waals surface area (Å²) in [5.41, 5.74) is 4.32. The van der Waals surface area contributed by atoms with E-state index in [1.165, 1.54) is 11.3 Å². The molecule has 0 spiro atoms. The van der Waals surface area contributed by atoms with Gasteiger partial charge in [-0.25, -0.2) is 4.98 Å². The molecule has 1 aromatic heterocycles. The van der Waals surface area contributed by atoms with E-state index in [4.69, 9.17) is 4.74 Å². The highest BCUT2D eigenvalue weighted by atomic mass is 32.1. The number of benzene rings is 2. The highest BCUT2D eigenvalue weighted by Crippen LogP contribution is 2.19. The van der Waals surface area contributed by atoms with Gasteiger partial charge in [0.2, 0.25) is 0 Å². The van der Waals surface area contributed by atoms with Crippen LogP contribution in [0.25, 0.3) is 10.2 Å². The van der Waals surface area contributed by atoms with Gasteiger partial charge in [0.15, 0.2) is 0 Å². The lowest BCUT2D eigenvalue weighted by atomic mass is 10.2. The molecule has 5 heteroatoms. The number of carbonyl (C=O) groups excluding carboxylic acids is 1. The molecule has 1 amide bonds. The predicted octanol–water partition coefficient (Wildman–Crippen LogP) is 3.79. The van der Waals surface area contributed by atoms with E-state index in [1.807, 2.05) is 36.4 Å². The molecule has 0 radical (unpaired) electrons. The highest BCUT2D eigenvalue weighted by molar-refractivity contribution is 7.16. The van der Waals surface area contributed by atoms with Crippen LogP contribution in [0.15, 0.2) is 60.6 Å². The van der Waals surface area contributed by atoms with E-state index >= 15 is 0 Å². The summed E-state index contributed by atoms with van der Waals surface area (Å²) in [5.74, 6) is 0.667. The minimum absolute atomic E-state index is 0.0993. The maximum absolute atomic E-state index is 12.3. The van der Waals surface area contributed by atoms with Crippen LogP contribution in [0.5, 0.6) is 5.75 Å². The number of fused-ring (bicyclic) bond motifs is 1. The van der Waals surface area contributed by atoms with Gasteiger partial charge in [0.05, 0.1) is 15.7 Å². The topological polar surface area (TPSA) is 51.2 Å². The van der Waals surface area contributed by atoms with Gasteiger partial charge in [-0.15, -0.1) is 11.3 Å². The fourth-order valence-corrected chi connectivity index (χ4v) is 2.90. The molecule has 0 saturated heterocycles. The Labute approximate surface area is 138 Å². The summed E-state index contributed by atoms with van der Waals surface area (Å²) in [6.45, 7) is 4.54. The van der Waals surface area contributed by atoms with Gasteiger partial charge in [0, 0.05) is 12.1 Å². The Balaban J connectivity index is 1.65. The van der Waals surface area contributed by atoms with Gasteiger partial charge in [-0.1, -0.05) is 24.8 Å². The van der Waals surface area contributed by atoms with Gasteiger partial charge in [-0.3, -0.25) is 4.79 Å². The third-order valence-corrected chi connectivity index (χ3v) is 4.10. The monoisotopic (exact) mass is 324 g/mol. The molecule has 0 aliphatic heterocycles. The molecule has 23 heavy (non-hydrogen) atoms. The number of aromatic nitrogens is 1. The van der Waals surface area contributed by atoms with Crippen LogP contribution in [0.3, 0.4) is 0 Å². The highest BCUT2D eigenvalue weighted by Gasteiger charge is 2.07. The lowest BCUT2D eigenvalue weighted by Gasteiger charge is -2.08. The standard InChI is InChI=1S/C18H16N2O2S/c1-2-8-22-15-5-3-4-13(9-15)11-19-18(21)14-6-7-16-17(10-14)23-12-20-16/h2-7,9-10,12H,1,8,11H2,(H,19,21). The molecule has 3 aromatic rings. The van der Waals surface area contributed by atoms with E-state index in [9.17, 15) is 4.79 Å². The summed E-state index contributed by atoms with van der Waals surface area (Å²) in [6, 6.07) is 13.2. The van der Waals surface area contributed by atoms with Crippen molar-refractivity contribution in [3.63, 3.8) is 0 Å². The maximum Gasteiger partial charge on any atom is 0.251 e. The van der Waals surface area contributed by atoms with Crippen LogP contribution in [0.1, 0.15) is 15.9 Å². The lowest BCUT2D eigenvalue weighted by molar-refractivity contribution is 0.0951. The van der Waals surface area contributed by atoms with Crippen molar-refractivity contribution in [2.24, 2.45) is 0 Å². The number of rotatable bonds is 6. The third-order valence-electron chi connectivity index (χ3n) is 3.31. The number of nitrogens with zero attached hydrogens (tertiary/aromatic N) is 1. The van der Waals surface area contributed by atoms with Crippen LogP contribution in [0.2, 0.25) is 0 Å². The predicted molar refractivity (Wildman–Crippen MR) is 92.9 cm³/mol. The average molecular weight is 324 g/mol. The lowest BCUT2D eigenvalue weighted by Crippen LogP contribution is -2.22. The van der Waals surface area contributed by atoms with Crippen molar-refractivity contribution in [1.29, 1.82) is 0 Å². The normalized spacial score (nSPS) is 10.4. The molecule has 0 unspecified atom stereocenters. The number of hydrogen-bond acceptors (Lipinski definition) is 4. The molecular weight excluding hydrogens is 308 g/mol. The van der Waals surface area contributed by atoms with E-state index in [-0.39, 0.29) is 5.91 Å². The van der Waals surface area contributed by atoms with Crippen molar-refractivity contribution < 1.29 is 9.53 Å². The Bertz CT molecular complexity index is 842. The SMILES string of the molecule is C=CCOc1cccc(CNC(=O)c2ccc3ncsc3c2)c1. The molecule has 2 aromatic carbocycles. The molecule has 116 valence electrons. The number of hydrogen-bond donors (Lipinski definition) is 1. The first-order valence-corrected chi connectivity index (χ1v) is 8.08. The molecule has 4 nitrogen and oxygen atoms in total. The van der Waals surface area contributed by atoms with Crippen molar-refractivity contribution in [1.82, 2.24) is 10.3 Å². The fourth-order valence-electron chi connectivity index (χ4n) is 2.18. The summed E-state index contributed by atoms with van der Waals surface area (Å²) >= 11 is 1.53. The minimum Gasteiger partial charge on any atom is -0.490 e. The molecule has 0 aliphatic carbocycles. The quantitative estimate of drug-likeness (QED) is 0.702. The van der Waals surface area contributed by atoms with Crippen molar-refractivity contribution in [3.05, 3.63) is 71.8 Å². The van der Waals surface area contributed by atoms with Crippen LogP contribution in [0.4, 0.5) is 0 Å². The van der Waals surface area contributed by atoms with E-state index in [0.717, 1.165) is 21.5 Å². The van der Waals surface area contributed by atoms with Crippen molar-refractivity contribution in [2.45, 2.75) is 6.54 Å². The molecule has 0 fully saturated rings. The zero-order chi connectivity index (χ0) is 16.1. The van der Waals surface area contributed by atoms with Crippen molar-refractivity contribution in [3.8, 4) is 5.75 Å². The zero-order valence-electron chi connectivity index (χ0n) is 12.5. The summed E-state index contributed by atoms with van der Waals surface area (Å²) in [6.07, 6.45) is 1.70.